The highest BCUT2D eigenvalue weighted by Gasteiger charge is 2.74. The summed E-state index contributed by atoms with van der Waals surface area (Å²) in [6.07, 6.45) is 5.57. The zero-order chi connectivity index (χ0) is 21.9. The van der Waals surface area contributed by atoms with Crippen LogP contribution in [-0.2, 0) is 23.9 Å². The van der Waals surface area contributed by atoms with Gasteiger partial charge in [0.1, 0.15) is 18.2 Å². The number of aliphatic hydroxyl groups excluding tert-OH is 1. The van der Waals surface area contributed by atoms with Gasteiger partial charge in [-0.15, -0.1) is 6.58 Å². The van der Waals surface area contributed by atoms with Gasteiger partial charge in [-0.25, -0.2) is 0 Å². The van der Waals surface area contributed by atoms with Crippen LogP contribution in [0.25, 0.3) is 0 Å². The molecule has 8 heteroatoms. The second kappa shape index (κ2) is 9.31. The lowest BCUT2D eigenvalue weighted by atomic mass is 9.70. The highest BCUT2D eigenvalue weighted by molar-refractivity contribution is 5.98. The van der Waals surface area contributed by atoms with E-state index in [4.69, 9.17) is 9.47 Å². The first-order chi connectivity index (χ1) is 14.5. The Morgan fingerprint density at radius 1 is 1.40 bits per heavy atom. The minimum atomic E-state index is -1.06. The SMILES string of the molecule is C=CCOC(=O)[C@@H]1[C@@H]2CCC3(O2)C(C(=O)N(CC=C)CCCC)N(CCO)C(=O)[C@H]13. The maximum absolute atomic E-state index is 13.6. The van der Waals surface area contributed by atoms with Crippen LogP contribution in [0.1, 0.15) is 32.6 Å². The summed E-state index contributed by atoms with van der Waals surface area (Å²) in [5.74, 6) is -2.54. The van der Waals surface area contributed by atoms with Crippen molar-refractivity contribution in [2.75, 3.05) is 32.8 Å². The van der Waals surface area contributed by atoms with Crippen molar-refractivity contribution in [3.63, 3.8) is 0 Å². The van der Waals surface area contributed by atoms with Crippen LogP contribution in [0.4, 0.5) is 0 Å². The first-order valence-corrected chi connectivity index (χ1v) is 10.7. The molecule has 2 amide bonds. The molecule has 0 aliphatic carbocycles. The minimum Gasteiger partial charge on any atom is -0.461 e. The molecule has 0 aromatic heterocycles. The predicted molar refractivity (Wildman–Crippen MR) is 109 cm³/mol. The van der Waals surface area contributed by atoms with Crippen LogP contribution in [0.3, 0.4) is 0 Å². The number of hydrogen-bond donors (Lipinski definition) is 1. The molecule has 1 spiro atoms. The maximum atomic E-state index is 13.6. The molecule has 2 unspecified atom stereocenters. The van der Waals surface area contributed by atoms with Gasteiger partial charge in [-0.05, 0) is 19.3 Å². The Balaban J connectivity index is 1.95. The van der Waals surface area contributed by atoms with Crippen LogP contribution in [-0.4, -0.2) is 83.3 Å². The number of carbonyl (C=O) groups excluding carboxylic acids is 3. The molecule has 0 aromatic carbocycles. The van der Waals surface area contributed by atoms with E-state index in [1.807, 2.05) is 6.92 Å². The molecule has 1 N–H and O–H groups in total. The third kappa shape index (κ3) is 3.56. The van der Waals surface area contributed by atoms with Gasteiger partial charge in [-0.3, -0.25) is 14.4 Å². The van der Waals surface area contributed by atoms with Crippen molar-refractivity contribution < 1.29 is 29.0 Å². The number of amides is 2. The van der Waals surface area contributed by atoms with E-state index in [1.165, 1.54) is 11.0 Å². The first-order valence-electron chi connectivity index (χ1n) is 10.7. The Morgan fingerprint density at radius 3 is 2.80 bits per heavy atom. The average Bonchev–Trinajstić information content (AvgIpc) is 3.37. The lowest BCUT2D eigenvalue weighted by Gasteiger charge is -2.36. The van der Waals surface area contributed by atoms with Gasteiger partial charge in [0.05, 0.1) is 24.5 Å². The van der Waals surface area contributed by atoms with E-state index >= 15 is 0 Å². The summed E-state index contributed by atoms with van der Waals surface area (Å²) in [5, 5.41) is 9.57. The predicted octanol–water partition coefficient (Wildman–Crippen LogP) is 0.897. The standard InChI is InChI=1S/C22H32N2O6/c1-4-7-11-23(10-5-2)20(27)18-22-9-8-15(30-22)16(21(28)29-14-6-3)17(22)19(26)24(18)12-13-25/h5-6,15-18,25H,2-4,7-14H2,1H3/t15-,16+,17-,18?,22?/m0/s1. The Kier molecular flexibility index (Phi) is 6.98. The lowest BCUT2D eigenvalue weighted by Crippen LogP contribution is -2.56. The second-order valence-corrected chi connectivity index (χ2v) is 8.16. The summed E-state index contributed by atoms with van der Waals surface area (Å²) in [7, 11) is 0. The van der Waals surface area contributed by atoms with E-state index in [9.17, 15) is 19.5 Å². The number of fused-ring (bicyclic) bond motifs is 1. The van der Waals surface area contributed by atoms with Crippen molar-refractivity contribution in [2.45, 2.75) is 50.4 Å². The van der Waals surface area contributed by atoms with Gasteiger partial charge < -0.3 is 24.4 Å². The largest absolute Gasteiger partial charge is 0.461 e. The molecule has 5 atom stereocenters. The zero-order valence-electron chi connectivity index (χ0n) is 17.6. The van der Waals surface area contributed by atoms with E-state index < -0.39 is 35.6 Å². The van der Waals surface area contributed by atoms with E-state index in [0.29, 0.717) is 25.9 Å². The highest BCUT2D eigenvalue weighted by atomic mass is 16.6. The van der Waals surface area contributed by atoms with Gasteiger partial charge in [0.2, 0.25) is 11.8 Å². The van der Waals surface area contributed by atoms with E-state index in [2.05, 4.69) is 13.2 Å². The molecule has 3 aliphatic heterocycles. The fraction of sp³-hybridized carbons (Fsp3) is 0.682. The average molecular weight is 421 g/mol. The summed E-state index contributed by atoms with van der Waals surface area (Å²) in [6.45, 7) is 10.1. The maximum Gasteiger partial charge on any atom is 0.312 e. The molecule has 30 heavy (non-hydrogen) atoms. The molecule has 3 aliphatic rings. The monoisotopic (exact) mass is 420 g/mol. The Hall–Kier alpha value is -2.19. The van der Waals surface area contributed by atoms with Crippen molar-refractivity contribution in [3.05, 3.63) is 25.3 Å². The first kappa shape index (κ1) is 22.5. The fourth-order valence-electron chi connectivity index (χ4n) is 5.26. The zero-order valence-corrected chi connectivity index (χ0v) is 17.6. The van der Waals surface area contributed by atoms with Crippen LogP contribution < -0.4 is 0 Å². The molecule has 8 nitrogen and oxygen atoms in total. The Morgan fingerprint density at radius 2 is 2.17 bits per heavy atom. The summed E-state index contributed by atoms with van der Waals surface area (Å²) in [4.78, 5) is 42.8. The van der Waals surface area contributed by atoms with Gasteiger partial charge in [-0.1, -0.05) is 32.1 Å². The molecule has 0 radical (unpaired) electrons. The van der Waals surface area contributed by atoms with Crippen molar-refractivity contribution in [3.8, 4) is 0 Å². The quantitative estimate of drug-likeness (QED) is 0.394. The van der Waals surface area contributed by atoms with Gasteiger partial charge in [-0.2, -0.15) is 0 Å². The Bertz CT molecular complexity index is 710. The molecular formula is C22H32N2O6. The number of likely N-dealkylation sites (tertiary alicyclic amines) is 1. The number of hydrogen-bond acceptors (Lipinski definition) is 6. The van der Waals surface area contributed by atoms with Crippen molar-refractivity contribution >= 4 is 17.8 Å². The molecule has 166 valence electrons. The summed E-state index contributed by atoms with van der Waals surface area (Å²) >= 11 is 0. The third-order valence-electron chi connectivity index (χ3n) is 6.43. The number of carbonyl (C=O) groups is 3. The molecule has 3 fully saturated rings. The van der Waals surface area contributed by atoms with Gasteiger partial charge in [0.25, 0.3) is 0 Å². The summed E-state index contributed by atoms with van der Waals surface area (Å²) in [5.41, 5.74) is -1.06. The van der Waals surface area contributed by atoms with Gasteiger partial charge >= 0.3 is 5.97 Å². The number of esters is 1. The van der Waals surface area contributed by atoms with Gasteiger partial charge in [0, 0.05) is 19.6 Å². The topological polar surface area (TPSA) is 96.4 Å². The molecule has 0 aromatic rings. The molecule has 3 rings (SSSR count). The van der Waals surface area contributed by atoms with Crippen molar-refractivity contribution in [2.24, 2.45) is 11.8 Å². The fourth-order valence-corrected chi connectivity index (χ4v) is 5.26. The number of nitrogens with zero attached hydrogens (tertiary/aromatic N) is 2. The van der Waals surface area contributed by atoms with Crippen LogP contribution in [0.15, 0.2) is 25.3 Å². The van der Waals surface area contributed by atoms with Crippen molar-refractivity contribution in [1.82, 2.24) is 9.80 Å². The van der Waals surface area contributed by atoms with Crippen LogP contribution in [0, 0.1) is 11.8 Å². The number of β-amino-alcohol motifs (C(OH)–C–C–N with tert-alkyl or cyclic N) is 1. The molecule has 2 bridgehead atoms. The van der Waals surface area contributed by atoms with Crippen LogP contribution >= 0.6 is 0 Å². The minimum absolute atomic E-state index is 0.0195. The molecular weight excluding hydrogens is 388 g/mol. The van der Waals surface area contributed by atoms with Crippen LogP contribution in [0.5, 0.6) is 0 Å². The molecule has 3 saturated heterocycles. The second-order valence-electron chi connectivity index (χ2n) is 8.16. The lowest BCUT2D eigenvalue weighted by molar-refractivity contribution is -0.154. The third-order valence-corrected chi connectivity index (χ3v) is 6.43. The van der Waals surface area contributed by atoms with Gasteiger partial charge in [0.15, 0.2) is 0 Å². The number of ether oxygens (including phenoxy) is 2. The van der Waals surface area contributed by atoms with Crippen LogP contribution in [0.2, 0.25) is 0 Å². The van der Waals surface area contributed by atoms with Crippen molar-refractivity contribution in [1.29, 1.82) is 0 Å². The van der Waals surface area contributed by atoms with E-state index in [1.54, 1.807) is 11.0 Å². The normalized spacial score (nSPS) is 31.5. The number of aliphatic hydroxyl groups is 1. The van der Waals surface area contributed by atoms with E-state index in [0.717, 1.165) is 12.8 Å². The van der Waals surface area contributed by atoms with E-state index in [-0.39, 0.29) is 31.6 Å². The summed E-state index contributed by atoms with van der Waals surface area (Å²) in [6, 6.07) is -0.860. The molecule has 3 heterocycles. The summed E-state index contributed by atoms with van der Waals surface area (Å²) < 4.78 is 11.5. The number of unbranched alkanes of at least 4 members (excludes halogenated alkanes) is 1. The Labute approximate surface area is 177 Å². The smallest absolute Gasteiger partial charge is 0.312 e. The molecule has 0 saturated carbocycles. The number of rotatable bonds is 11. The highest BCUT2D eigenvalue weighted by Crippen LogP contribution is 2.58.